The average molecular weight is 400 g/mol. The van der Waals surface area contributed by atoms with E-state index in [4.69, 9.17) is 18.6 Å². The van der Waals surface area contributed by atoms with Gasteiger partial charge in [0.25, 0.3) is 6.47 Å². The van der Waals surface area contributed by atoms with Crippen LogP contribution in [0.1, 0.15) is 28.0 Å². The molecule has 0 aliphatic carbocycles. The first kappa shape index (κ1) is 20.9. The highest BCUT2D eigenvalue weighted by Gasteiger charge is 2.13. The summed E-state index contributed by atoms with van der Waals surface area (Å²) in [5, 5.41) is 0.716. The molecule has 3 aromatic rings. The topological polar surface area (TPSA) is 57.9 Å². The summed E-state index contributed by atoms with van der Waals surface area (Å²) in [5.74, 6) is 1.15. The minimum absolute atomic E-state index is 0.194. The van der Waals surface area contributed by atoms with Crippen LogP contribution in [0.25, 0.3) is 11.0 Å². The van der Waals surface area contributed by atoms with E-state index in [-0.39, 0.29) is 12.4 Å². The monoisotopic (exact) mass is 400 g/mol. The lowest BCUT2D eigenvalue weighted by molar-refractivity contribution is -0.128. The van der Waals surface area contributed by atoms with E-state index in [9.17, 15) is 9.18 Å². The number of furan rings is 1. The van der Waals surface area contributed by atoms with Crippen LogP contribution in [0, 0.1) is 19.7 Å². The highest BCUT2D eigenvalue weighted by Crippen LogP contribution is 2.29. The Morgan fingerprint density at radius 2 is 1.86 bits per heavy atom. The smallest absolute Gasteiger partial charge is 0.293 e. The van der Waals surface area contributed by atoms with E-state index in [1.807, 2.05) is 32.0 Å². The first-order valence-electron chi connectivity index (χ1n) is 9.50. The maximum Gasteiger partial charge on any atom is 0.293 e. The number of rotatable bonds is 10. The van der Waals surface area contributed by atoms with Gasteiger partial charge in [0.05, 0.1) is 13.2 Å². The van der Waals surface area contributed by atoms with Crippen LogP contribution in [0.5, 0.6) is 5.75 Å². The Bertz CT molecular complexity index is 993. The molecule has 29 heavy (non-hydrogen) atoms. The maximum atomic E-state index is 14.1. The number of fused-ring (bicyclic) bond motifs is 1. The number of halogens is 1. The van der Waals surface area contributed by atoms with Crippen molar-refractivity contribution in [3.05, 3.63) is 64.2 Å². The molecule has 3 rings (SSSR count). The number of carbonyl (C=O) groups is 1. The van der Waals surface area contributed by atoms with Gasteiger partial charge in [-0.2, -0.15) is 0 Å². The van der Waals surface area contributed by atoms with Crippen molar-refractivity contribution in [3.63, 3.8) is 0 Å². The molecule has 0 aliphatic rings. The van der Waals surface area contributed by atoms with Crippen LogP contribution in [0.4, 0.5) is 4.39 Å². The van der Waals surface area contributed by atoms with Crippen molar-refractivity contribution in [2.75, 3.05) is 20.3 Å². The number of hydrogen-bond acceptors (Lipinski definition) is 5. The average Bonchev–Trinajstić information content (AvgIpc) is 3.11. The molecule has 0 fully saturated rings. The molecule has 1 heterocycles. The van der Waals surface area contributed by atoms with Crippen molar-refractivity contribution in [2.45, 2.75) is 33.3 Å². The molecule has 0 radical (unpaired) electrons. The molecule has 0 unspecified atom stereocenters. The molecule has 0 saturated heterocycles. The number of benzene rings is 2. The lowest BCUT2D eigenvalue weighted by Gasteiger charge is -2.14. The lowest BCUT2D eigenvalue weighted by Crippen LogP contribution is -2.03. The van der Waals surface area contributed by atoms with Gasteiger partial charge < -0.3 is 18.6 Å². The largest absolute Gasteiger partial charge is 0.488 e. The zero-order chi connectivity index (χ0) is 20.8. The fourth-order valence-corrected chi connectivity index (χ4v) is 3.32. The third kappa shape index (κ3) is 4.95. The predicted octanol–water partition coefficient (Wildman–Crippen LogP) is 4.67. The van der Waals surface area contributed by atoms with E-state index < -0.39 is 0 Å². The molecule has 0 aliphatic heterocycles. The van der Waals surface area contributed by atoms with Gasteiger partial charge in [-0.15, -0.1) is 0 Å². The van der Waals surface area contributed by atoms with Gasteiger partial charge in [0, 0.05) is 30.9 Å². The maximum absolute atomic E-state index is 14.1. The van der Waals surface area contributed by atoms with E-state index >= 15 is 0 Å². The number of carbonyl (C=O) groups excluding carboxylic acids is 1. The highest BCUT2D eigenvalue weighted by atomic mass is 19.1. The number of methoxy groups -OCH3 is 1. The van der Waals surface area contributed by atoms with Crippen molar-refractivity contribution >= 4 is 17.4 Å². The van der Waals surface area contributed by atoms with Crippen LogP contribution in [-0.4, -0.2) is 26.8 Å². The Labute approximate surface area is 169 Å². The quantitative estimate of drug-likeness (QED) is 0.366. The summed E-state index contributed by atoms with van der Waals surface area (Å²) in [4.78, 5) is 10.3. The summed E-state index contributed by atoms with van der Waals surface area (Å²) in [6, 6.07) is 8.60. The van der Waals surface area contributed by atoms with Crippen LogP contribution >= 0.6 is 0 Å². The predicted molar refractivity (Wildman–Crippen MR) is 108 cm³/mol. The Hall–Kier alpha value is -2.86. The molecule has 154 valence electrons. The first-order chi connectivity index (χ1) is 14.0. The Morgan fingerprint density at radius 3 is 2.62 bits per heavy atom. The molecule has 0 amide bonds. The van der Waals surface area contributed by atoms with Crippen molar-refractivity contribution in [1.82, 2.24) is 0 Å². The third-order valence-corrected chi connectivity index (χ3v) is 5.05. The number of hydrogen-bond donors (Lipinski definition) is 0. The zero-order valence-electron chi connectivity index (χ0n) is 16.9. The van der Waals surface area contributed by atoms with Gasteiger partial charge >= 0.3 is 0 Å². The van der Waals surface area contributed by atoms with Gasteiger partial charge in [-0.3, -0.25) is 4.79 Å². The standard InChI is InChI=1S/C23H25FO5/c1-15-16(2)22(5-4-17(15)6-9-27-14-25)28-13-19-11-20(24)10-18-12-21(7-8-26-3)29-23(18)19/h4-5,10-12,14H,6-9,13H2,1-3H3. The van der Waals surface area contributed by atoms with Crippen LogP contribution in [0.2, 0.25) is 0 Å². The third-order valence-electron chi connectivity index (χ3n) is 5.05. The molecule has 0 atom stereocenters. The second-order valence-electron chi connectivity index (χ2n) is 6.92. The summed E-state index contributed by atoms with van der Waals surface area (Å²) in [5.41, 5.74) is 4.47. The molecule has 1 aromatic heterocycles. The van der Waals surface area contributed by atoms with E-state index in [2.05, 4.69) is 0 Å². The summed E-state index contributed by atoms with van der Waals surface area (Å²) in [6.07, 6.45) is 1.27. The van der Waals surface area contributed by atoms with E-state index in [1.54, 1.807) is 7.11 Å². The molecular weight excluding hydrogens is 375 g/mol. The molecule has 6 heteroatoms. The molecule has 0 spiro atoms. The summed E-state index contributed by atoms with van der Waals surface area (Å²) >= 11 is 0. The zero-order valence-corrected chi connectivity index (χ0v) is 16.9. The molecule has 2 aromatic carbocycles. The SMILES string of the molecule is COCCc1cc2cc(F)cc(COc3ccc(CCOC=O)c(C)c3C)c2o1. The van der Waals surface area contributed by atoms with E-state index in [1.165, 1.54) is 12.1 Å². The fraction of sp³-hybridized carbons (Fsp3) is 0.348. The highest BCUT2D eigenvalue weighted by molar-refractivity contribution is 5.81. The summed E-state index contributed by atoms with van der Waals surface area (Å²) < 4.78 is 35.8. The van der Waals surface area contributed by atoms with Gasteiger partial charge in [-0.1, -0.05) is 6.07 Å². The molecule has 0 bridgehead atoms. The van der Waals surface area contributed by atoms with Crippen molar-refractivity contribution in [3.8, 4) is 5.75 Å². The molecular formula is C23H25FO5. The molecule has 0 saturated carbocycles. The van der Waals surface area contributed by atoms with Gasteiger partial charge in [-0.25, -0.2) is 4.39 Å². The normalized spacial score (nSPS) is 11.0. The van der Waals surface area contributed by atoms with Crippen LogP contribution < -0.4 is 4.74 Å². The minimum Gasteiger partial charge on any atom is -0.488 e. The van der Waals surface area contributed by atoms with Gasteiger partial charge in [-0.05, 0) is 54.8 Å². The first-order valence-corrected chi connectivity index (χ1v) is 9.50. The van der Waals surface area contributed by atoms with Crippen molar-refractivity contribution in [2.24, 2.45) is 0 Å². The van der Waals surface area contributed by atoms with Crippen LogP contribution in [0.15, 0.2) is 34.7 Å². The molecule has 0 N–H and O–H groups in total. The summed E-state index contributed by atoms with van der Waals surface area (Å²) in [7, 11) is 1.63. The Kier molecular flexibility index (Phi) is 6.88. The van der Waals surface area contributed by atoms with Crippen molar-refractivity contribution < 1.29 is 27.8 Å². The minimum atomic E-state index is -0.325. The summed E-state index contributed by atoms with van der Waals surface area (Å²) in [6.45, 7) is 5.51. The fourth-order valence-electron chi connectivity index (χ4n) is 3.32. The van der Waals surface area contributed by atoms with Crippen LogP contribution in [-0.2, 0) is 33.7 Å². The van der Waals surface area contributed by atoms with Crippen molar-refractivity contribution in [1.29, 1.82) is 0 Å². The Balaban J connectivity index is 1.78. The molecule has 5 nitrogen and oxygen atoms in total. The lowest BCUT2D eigenvalue weighted by atomic mass is 10.0. The van der Waals surface area contributed by atoms with Gasteiger partial charge in [0.2, 0.25) is 0 Å². The second kappa shape index (κ2) is 9.56. The number of ether oxygens (including phenoxy) is 3. The van der Waals surface area contributed by atoms with E-state index in [0.717, 1.165) is 28.2 Å². The van der Waals surface area contributed by atoms with Gasteiger partial charge in [0.15, 0.2) is 0 Å². The Morgan fingerprint density at radius 1 is 1.03 bits per heavy atom. The second-order valence-corrected chi connectivity index (χ2v) is 6.92. The van der Waals surface area contributed by atoms with E-state index in [0.29, 0.717) is 49.1 Å². The van der Waals surface area contributed by atoms with Crippen LogP contribution in [0.3, 0.4) is 0 Å². The van der Waals surface area contributed by atoms with Gasteiger partial charge in [0.1, 0.15) is 29.5 Å².